The van der Waals surface area contributed by atoms with E-state index < -0.39 is 12.1 Å². The van der Waals surface area contributed by atoms with Gasteiger partial charge in [0.05, 0.1) is 25.4 Å². The van der Waals surface area contributed by atoms with Gasteiger partial charge in [-0.3, -0.25) is 9.59 Å². The molecule has 66 heavy (non-hydrogen) atoms. The zero-order valence-corrected chi connectivity index (χ0v) is 44.7. The number of ether oxygens (including phenoxy) is 1. The molecule has 0 saturated heterocycles. The third-order valence-corrected chi connectivity index (χ3v) is 14.1. The van der Waals surface area contributed by atoms with Crippen LogP contribution in [0.5, 0.6) is 0 Å². The van der Waals surface area contributed by atoms with Gasteiger partial charge in [0.15, 0.2) is 0 Å². The number of amides is 1. The van der Waals surface area contributed by atoms with Crippen molar-refractivity contribution in [3.05, 3.63) is 12.2 Å². The lowest BCUT2D eigenvalue weighted by Crippen LogP contribution is -2.45. The molecule has 0 aliphatic carbocycles. The minimum absolute atomic E-state index is 0.00460. The van der Waals surface area contributed by atoms with Crippen LogP contribution >= 0.6 is 0 Å². The highest BCUT2D eigenvalue weighted by molar-refractivity contribution is 5.76. The third-order valence-electron chi connectivity index (χ3n) is 14.1. The number of carbonyl (C=O) groups excluding carboxylic acids is 2. The Morgan fingerprint density at radius 3 is 1.03 bits per heavy atom. The molecule has 0 radical (unpaired) electrons. The second-order valence-electron chi connectivity index (χ2n) is 20.7. The van der Waals surface area contributed by atoms with Crippen molar-refractivity contribution in [1.29, 1.82) is 0 Å². The fourth-order valence-electron chi connectivity index (χ4n) is 9.46. The number of carbonyl (C=O) groups is 2. The Balaban J connectivity index is 3.42. The van der Waals surface area contributed by atoms with E-state index in [1.165, 1.54) is 263 Å². The predicted octanol–water partition coefficient (Wildman–Crippen LogP) is 18.5. The summed E-state index contributed by atoms with van der Waals surface area (Å²) in [6.45, 7) is 4.91. The molecular formula is C60H117NO5. The van der Waals surface area contributed by atoms with Crippen LogP contribution in [0, 0.1) is 0 Å². The normalized spacial score (nSPS) is 12.6. The first kappa shape index (κ1) is 64.6. The summed E-state index contributed by atoms with van der Waals surface area (Å²) < 4.78 is 5.49. The largest absolute Gasteiger partial charge is 0.466 e. The van der Waals surface area contributed by atoms with E-state index in [4.69, 9.17) is 4.74 Å². The molecule has 0 rings (SSSR count). The molecule has 0 aliphatic rings. The second-order valence-corrected chi connectivity index (χ2v) is 20.7. The van der Waals surface area contributed by atoms with E-state index >= 15 is 0 Å². The van der Waals surface area contributed by atoms with Crippen molar-refractivity contribution in [3.8, 4) is 0 Å². The summed E-state index contributed by atoms with van der Waals surface area (Å²) in [5.41, 5.74) is 0. The maximum Gasteiger partial charge on any atom is 0.305 e. The molecule has 0 aromatic carbocycles. The fourth-order valence-corrected chi connectivity index (χ4v) is 9.46. The smallest absolute Gasteiger partial charge is 0.305 e. The van der Waals surface area contributed by atoms with Crippen LogP contribution in [0.1, 0.15) is 335 Å². The maximum absolute atomic E-state index is 12.5. The summed E-state index contributed by atoms with van der Waals surface area (Å²) in [5.74, 6) is -0.0692. The summed E-state index contributed by atoms with van der Waals surface area (Å²) in [4.78, 5) is 24.6. The van der Waals surface area contributed by atoms with Crippen molar-refractivity contribution in [1.82, 2.24) is 5.32 Å². The van der Waals surface area contributed by atoms with Gasteiger partial charge < -0.3 is 20.3 Å². The Hall–Kier alpha value is -1.40. The number of allylic oxidation sites excluding steroid dienone is 1. The van der Waals surface area contributed by atoms with E-state index in [1.807, 2.05) is 6.08 Å². The van der Waals surface area contributed by atoms with E-state index in [9.17, 15) is 19.8 Å². The van der Waals surface area contributed by atoms with Crippen LogP contribution in [0.4, 0.5) is 0 Å². The van der Waals surface area contributed by atoms with Crippen molar-refractivity contribution < 1.29 is 24.5 Å². The molecule has 0 fully saturated rings. The van der Waals surface area contributed by atoms with Crippen molar-refractivity contribution in [3.63, 3.8) is 0 Å². The molecule has 0 aliphatic heterocycles. The molecule has 1 amide bonds. The van der Waals surface area contributed by atoms with Crippen molar-refractivity contribution >= 4 is 11.9 Å². The number of hydrogen-bond donors (Lipinski definition) is 3. The molecule has 3 N–H and O–H groups in total. The number of hydrogen-bond acceptors (Lipinski definition) is 5. The molecule has 2 atom stereocenters. The van der Waals surface area contributed by atoms with Crippen LogP contribution in [-0.2, 0) is 14.3 Å². The first-order valence-electron chi connectivity index (χ1n) is 30.0. The van der Waals surface area contributed by atoms with E-state index in [0.29, 0.717) is 19.4 Å². The van der Waals surface area contributed by atoms with Crippen LogP contribution in [0.3, 0.4) is 0 Å². The van der Waals surface area contributed by atoms with E-state index in [0.717, 1.165) is 44.9 Å². The molecule has 0 bridgehead atoms. The van der Waals surface area contributed by atoms with E-state index in [2.05, 4.69) is 19.2 Å². The monoisotopic (exact) mass is 932 g/mol. The predicted molar refractivity (Wildman–Crippen MR) is 287 cm³/mol. The van der Waals surface area contributed by atoms with E-state index in [-0.39, 0.29) is 18.5 Å². The Bertz CT molecular complexity index is 986. The van der Waals surface area contributed by atoms with Gasteiger partial charge in [-0.2, -0.15) is 0 Å². The zero-order valence-electron chi connectivity index (χ0n) is 44.7. The Morgan fingerprint density at radius 1 is 0.409 bits per heavy atom. The molecule has 392 valence electrons. The summed E-state index contributed by atoms with van der Waals surface area (Å²) in [7, 11) is 0. The van der Waals surface area contributed by atoms with E-state index in [1.54, 1.807) is 6.08 Å². The van der Waals surface area contributed by atoms with Crippen LogP contribution in [0.2, 0.25) is 0 Å². The highest BCUT2D eigenvalue weighted by atomic mass is 16.5. The Labute approximate surface area is 412 Å². The summed E-state index contributed by atoms with van der Waals surface area (Å²) in [6.07, 6.45) is 66.6. The highest BCUT2D eigenvalue weighted by Gasteiger charge is 2.18. The molecule has 6 heteroatoms. The average Bonchev–Trinajstić information content (AvgIpc) is 3.32. The lowest BCUT2D eigenvalue weighted by atomic mass is 10.0. The van der Waals surface area contributed by atoms with Gasteiger partial charge >= 0.3 is 5.97 Å². The zero-order chi connectivity index (χ0) is 47.9. The molecular weight excluding hydrogens is 815 g/mol. The van der Waals surface area contributed by atoms with Gasteiger partial charge in [0.25, 0.3) is 0 Å². The van der Waals surface area contributed by atoms with Crippen molar-refractivity contribution in [2.45, 2.75) is 347 Å². The molecule has 6 nitrogen and oxygen atoms in total. The molecule has 2 unspecified atom stereocenters. The number of esters is 1. The SMILES string of the molecule is CCCCCCCCCCCCCCCC/C=C/C(O)C(CO)NC(=O)CCCCCCCCCCCCCCCCCOC(=O)CCCCCCCCCCCCCCCCCCCC. The molecule has 0 aromatic heterocycles. The van der Waals surface area contributed by atoms with Crippen molar-refractivity contribution in [2.75, 3.05) is 13.2 Å². The van der Waals surface area contributed by atoms with Gasteiger partial charge in [-0.25, -0.2) is 0 Å². The first-order valence-corrected chi connectivity index (χ1v) is 30.0. The second kappa shape index (κ2) is 56.2. The minimum Gasteiger partial charge on any atom is -0.466 e. The van der Waals surface area contributed by atoms with Crippen LogP contribution < -0.4 is 5.32 Å². The third kappa shape index (κ3) is 52.0. The summed E-state index contributed by atoms with van der Waals surface area (Å²) in [5, 5.41) is 23.1. The Morgan fingerprint density at radius 2 is 0.697 bits per heavy atom. The number of aliphatic hydroxyl groups excluding tert-OH is 2. The first-order chi connectivity index (χ1) is 32.5. The van der Waals surface area contributed by atoms with Gasteiger partial charge in [-0.15, -0.1) is 0 Å². The molecule has 0 spiro atoms. The lowest BCUT2D eigenvalue weighted by Gasteiger charge is -2.20. The topological polar surface area (TPSA) is 95.9 Å². The summed E-state index contributed by atoms with van der Waals surface area (Å²) >= 11 is 0. The van der Waals surface area contributed by atoms with Crippen LogP contribution in [0.25, 0.3) is 0 Å². The molecule has 0 heterocycles. The van der Waals surface area contributed by atoms with Gasteiger partial charge in [0.2, 0.25) is 5.91 Å². The lowest BCUT2D eigenvalue weighted by molar-refractivity contribution is -0.143. The van der Waals surface area contributed by atoms with Gasteiger partial charge in [-0.05, 0) is 32.1 Å². The number of unbranched alkanes of at least 4 members (excludes halogenated alkanes) is 45. The average molecular weight is 933 g/mol. The summed E-state index contributed by atoms with van der Waals surface area (Å²) in [6, 6.07) is -0.633. The van der Waals surface area contributed by atoms with Gasteiger partial charge in [0.1, 0.15) is 0 Å². The van der Waals surface area contributed by atoms with Crippen LogP contribution in [-0.4, -0.2) is 47.4 Å². The highest BCUT2D eigenvalue weighted by Crippen LogP contribution is 2.18. The fraction of sp³-hybridized carbons (Fsp3) is 0.933. The molecule has 0 saturated carbocycles. The van der Waals surface area contributed by atoms with Gasteiger partial charge in [-0.1, -0.05) is 302 Å². The van der Waals surface area contributed by atoms with Crippen LogP contribution in [0.15, 0.2) is 12.2 Å². The Kier molecular flexibility index (Phi) is 55.0. The quantitative estimate of drug-likeness (QED) is 0.0321. The van der Waals surface area contributed by atoms with Crippen molar-refractivity contribution in [2.24, 2.45) is 0 Å². The van der Waals surface area contributed by atoms with Gasteiger partial charge in [0, 0.05) is 12.8 Å². The number of aliphatic hydroxyl groups is 2. The number of rotatable bonds is 56. The standard InChI is InChI=1S/C60H117NO5/c1-3-5-7-9-11-13-15-17-19-21-22-26-30-34-38-42-46-50-54-60(65)66-55-51-47-43-39-35-31-27-23-25-29-33-37-41-45-49-53-59(64)61-57(56-62)58(63)52-48-44-40-36-32-28-24-20-18-16-14-12-10-8-6-4-2/h48,52,57-58,62-63H,3-47,49-51,53-56H2,1-2H3,(H,61,64)/b52-48+. The molecule has 0 aromatic rings. The minimum atomic E-state index is -0.849. The maximum atomic E-state index is 12.5. The number of nitrogens with one attached hydrogen (secondary N) is 1.